The molecule has 5 nitrogen and oxygen atoms in total. The highest BCUT2D eigenvalue weighted by Crippen LogP contribution is 2.06. The van der Waals surface area contributed by atoms with Gasteiger partial charge in [0.25, 0.3) is 0 Å². The van der Waals surface area contributed by atoms with E-state index in [1.807, 2.05) is 42.6 Å². The van der Waals surface area contributed by atoms with Gasteiger partial charge in [-0.25, -0.2) is 9.48 Å². The molecule has 88 valence electrons. The van der Waals surface area contributed by atoms with E-state index in [9.17, 15) is 4.79 Å². The zero-order chi connectivity index (χ0) is 12.1. The average molecular weight is 231 g/mol. The van der Waals surface area contributed by atoms with Crippen LogP contribution < -0.4 is 5.32 Å². The highest BCUT2D eigenvalue weighted by atomic mass is 16.4. The van der Waals surface area contributed by atoms with Crippen LogP contribution in [0, 0.1) is 0 Å². The minimum Gasteiger partial charge on any atom is -0.465 e. The second-order valence-corrected chi connectivity index (χ2v) is 3.57. The fraction of sp³-hybridized carbons (Fsp3) is 0.167. The molecule has 0 aliphatic heterocycles. The maximum Gasteiger partial charge on any atom is 0.404 e. The highest BCUT2D eigenvalue weighted by Gasteiger charge is 2.01. The molecule has 17 heavy (non-hydrogen) atoms. The first-order valence-electron chi connectivity index (χ1n) is 5.32. The smallest absolute Gasteiger partial charge is 0.404 e. The van der Waals surface area contributed by atoms with Crippen LogP contribution in [0.2, 0.25) is 0 Å². The van der Waals surface area contributed by atoms with Gasteiger partial charge in [0, 0.05) is 19.2 Å². The van der Waals surface area contributed by atoms with Gasteiger partial charge in [-0.3, -0.25) is 0 Å². The van der Waals surface area contributed by atoms with Gasteiger partial charge in [-0.1, -0.05) is 18.2 Å². The zero-order valence-corrected chi connectivity index (χ0v) is 9.21. The maximum atomic E-state index is 10.3. The Kier molecular flexibility index (Phi) is 3.40. The minimum atomic E-state index is -1.01. The quantitative estimate of drug-likeness (QED) is 0.841. The molecule has 0 atom stereocenters. The normalized spacial score (nSPS) is 10.1. The molecule has 0 saturated carbocycles. The summed E-state index contributed by atoms with van der Waals surface area (Å²) in [4.78, 5) is 10.3. The lowest BCUT2D eigenvalue weighted by Crippen LogP contribution is -2.23. The van der Waals surface area contributed by atoms with Crippen LogP contribution in [0.1, 0.15) is 5.69 Å². The second kappa shape index (κ2) is 5.16. The number of carboxylic acid groups (broad SMARTS) is 1. The third-order valence-electron chi connectivity index (χ3n) is 2.32. The topological polar surface area (TPSA) is 67.2 Å². The molecule has 0 unspecified atom stereocenters. The molecule has 1 aromatic heterocycles. The van der Waals surface area contributed by atoms with Gasteiger partial charge in [0.1, 0.15) is 0 Å². The van der Waals surface area contributed by atoms with Gasteiger partial charge in [-0.15, -0.1) is 0 Å². The van der Waals surface area contributed by atoms with Crippen LogP contribution in [0.15, 0.2) is 42.6 Å². The molecule has 2 N–H and O–H groups in total. The van der Waals surface area contributed by atoms with Gasteiger partial charge in [0.05, 0.1) is 11.4 Å². The number of carbonyl (C=O) groups is 1. The number of benzene rings is 1. The maximum absolute atomic E-state index is 10.3. The van der Waals surface area contributed by atoms with Crippen LogP contribution in [-0.4, -0.2) is 27.5 Å². The number of hydrogen-bond acceptors (Lipinski definition) is 2. The van der Waals surface area contributed by atoms with E-state index < -0.39 is 6.09 Å². The Bertz CT molecular complexity index is 493. The van der Waals surface area contributed by atoms with Gasteiger partial charge in [-0.05, 0) is 18.2 Å². The van der Waals surface area contributed by atoms with Gasteiger partial charge in [0.15, 0.2) is 0 Å². The first-order chi connectivity index (χ1) is 8.25. The minimum absolute atomic E-state index is 0.376. The SMILES string of the molecule is O=C(O)NCCc1ccn(-c2ccccc2)n1. The van der Waals surface area contributed by atoms with Gasteiger partial charge < -0.3 is 10.4 Å². The molecule has 1 amide bonds. The molecule has 0 saturated heterocycles. The van der Waals surface area contributed by atoms with Crippen molar-refractivity contribution in [1.29, 1.82) is 0 Å². The van der Waals surface area contributed by atoms with Crippen molar-refractivity contribution >= 4 is 6.09 Å². The molecule has 1 heterocycles. The molecule has 1 aromatic carbocycles. The summed E-state index contributed by atoms with van der Waals surface area (Å²) < 4.78 is 1.77. The Balaban J connectivity index is 1.99. The molecule has 0 spiro atoms. The van der Waals surface area contributed by atoms with E-state index in [2.05, 4.69) is 10.4 Å². The van der Waals surface area contributed by atoms with Crippen LogP contribution in [0.3, 0.4) is 0 Å². The molecular weight excluding hydrogens is 218 g/mol. The molecule has 0 aliphatic carbocycles. The number of nitrogens with zero attached hydrogens (tertiary/aromatic N) is 2. The first kappa shape index (κ1) is 11.2. The summed E-state index contributed by atoms with van der Waals surface area (Å²) in [5.41, 5.74) is 1.85. The number of amides is 1. The van der Waals surface area contributed by atoms with E-state index in [0.29, 0.717) is 13.0 Å². The number of para-hydroxylation sites is 1. The largest absolute Gasteiger partial charge is 0.465 e. The molecule has 0 fully saturated rings. The summed E-state index contributed by atoms with van der Waals surface area (Å²) in [5.74, 6) is 0. The van der Waals surface area contributed by atoms with E-state index in [1.165, 1.54) is 0 Å². The van der Waals surface area contributed by atoms with Crippen molar-refractivity contribution in [3.63, 3.8) is 0 Å². The van der Waals surface area contributed by atoms with Crippen LogP contribution >= 0.6 is 0 Å². The third-order valence-corrected chi connectivity index (χ3v) is 2.32. The van der Waals surface area contributed by atoms with Gasteiger partial charge in [0.2, 0.25) is 0 Å². The average Bonchev–Trinajstić information content (AvgIpc) is 2.78. The van der Waals surface area contributed by atoms with Crippen molar-refractivity contribution in [3.05, 3.63) is 48.3 Å². The van der Waals surface area contributed by atoms with Crippen molar-refractivity contribution < 1.29 is 9.90 Å². The summed E-state index contributed by atoms with van der Waals surface area (Å²) in [6.45, 7) is 0.376. The molecule has 0 bridgehead atoms. The number of nitrogens with one attached hydrogen (secondary N) is 1. The first-order valence-corrected chi connectivity index (χ1v) is 5.32. The van der Waals surface area contributed by atoms with Crippen LogP contribution in [0.4, 0.5) is 4.79 Å². The molecular formula is C12H13N3O2. The van der Waals surface area contributed by atoms with Crippen LogP contribution in [0.25, 0.3) is 5.69 Å². The Labute approximate surface area is 98.7 Å². The van der Waals surface area contributed by atoms with E-state index in [1.54, 1.807) is 4.68 Å². The number of aromatic nitrogens is 2. The van der Waals surface area contributed by atoms with Crippen LogP contribution in [0.5, 0.6) is 0 Å². The van der Waals surface area contributed by atoms with E-state index >= 15 is 0 Å². The summed E-state index contributed by atoms with van der Waals surface area (Å²) in [7, 11) is 0. The summed E-state index contributed by atoms with van der Waals surface area (Å²) in [6, 6.07) is 11.7. The highest BCUT2D eigenvalue weighted by molar-refractivity contribution is 5.64. The van der Waals surface area contributed by atoms with Crippen molar-refractivity contribution in [2.24, 2.45) is 0 Å². The Morgan fingerprint density at radius 2 is 2.06 bits per heavy atom. The predicted octanol–water partition coefficient (Wildman–Crippen LogP) is 1.68. The number of rotatable bonds is 4. The lowest BCUT2D eigenvalue weighted by molar-refractivity contribution is 0.194. The van der Waals surface area contributed by atoms with Crippen LogP contribution in [-0.2, 0) is 6.42 Å². The fourth-order valence-electron chi connectivity index (χ4n) is 1.52. The molecule has 2 aromatic rings. The Morgan fingerprint density at radius 3 is 2.76 bits per heavy atom. The monoisotopic (exact) mass is 231 g/mol. The summed E-state index contributed by atoms with van der Waals surface area (Å²) in [6.07, 6.45) is 1.45. The molecule has 5 heteroatoms. The van der Waals surface area contributed by atoms with Crippen molar-refractivity contribution in [1.82, 2.24) is 15.1 Å². The molecule has 0 radical (unpaired) electrons. The fourth-order valence-corrected chi connectivity index (χ4v) is 1.52. The lowest BCUT2D eigenvalue weighted by Gasteiger charge is -2.00. The Hall–Kier alpha value is -2.30. The number of hydrogen-bond donors (Lipinski definition) is 2. The standard InChI is InChI=1S/C12H13N3O2/c16-12(17)13-8-6-10-7-9-15(14-10)11-4-2-1-3-5-11/h1-5,7,9,13H,6,8H2,(H,16,17). The molecule has 0 aliphatic rings. The van der Waals surface area contributed by atoms with Gasteiger partial charge in [-0.2, -0.15) is 5.10 Å². The second-order valence-electron chi connectivity index (χ2n) is 3.57. The van der Waals surface area contributed by atoms with Gasteiger partial charge >= 0.3 is 6.09 Å². The Morgan fingerprint density at radius 1 is 1.29 bits per heavy atom. The van der Waals surface area contributed by atoms with Crippen molar-refractivity contribution in [2.75, 3.05) is 6.54 Å². The van der Waals surface area contributed by atoms with E-state index in [4.69, 9.17) is 5.11 Å². The molecule has 2 rings (SSSR count). The van der Waals surface area contributed by atoms with E-state index in [0.717, 1.165) is 11.4 Å². The van der Waals surface area contributed by atoms with Crippen molar-refractivity contribution in [2.45, 2.75) is 6.42 Å². The third kappa shape index (κ3) is 3.07. The van der Waals surface area contributed by atoms with Crippen molar-refractivity contribution in [3.8, 4) is 5.69 Å². The summed E-state index contributed by atoms with van der Waals surface area (Å²) >= 11 is 0. The predicted molar refractivity (Wildman–Crippen MR) is 63.3 cm³/mol. The summed E-state index contributed by atoms with van der Waals surface area (Å²) in [5, 5.41) is 15.1. The van der Waals surface area contributed by atoms with E-state index in [-0.39, 0.29) is 0 Å². The zero-order valence-electron chi connectivity index (χ0n) is 9.21. The lowest BCUT2D eigenvalue weighted by atomic mass is 10.3.